The molecular formula is C27H29N3O3. The van der Waals surface area contributed by atoms with Crippen molar-refractivity contribution in [1.29, 1.82) is 0 Å². The van der Waals surface area contributed by atoms with Crippen LogP contribution < -0.4 is 15.0 Å². The molecule has 0 bridgehead atoms. The zero-order chi connectivity index (χ0) is 22.9. The molecule has 1 aliphatic rings. The summed E-state index contributed by atoms with van der Waals surface area (Å²) in [5.41, 5.74) is 4.03. The summed E-state index contributed by atoms with van der Waals surface area (Å²) in [4.78, 5) is 28.3. The first-order chi connectivity index (χ1) is 16.2. The third-order valence-electron chi connectivity index (χ3n) is 5.89. The molecule has 0 saturated carbocycles. The minimum Gasteiger partial charge on any atom is -0.483 e. The van der Waals surface area contributed by atoms with Gasteiger partial charge in [0.2, 0.25) is 0 Å². The van der Waals surface area contributed by atoms with Crippen LogP contribution in [0, 0.1) is 0 Å². The molecule has 33 heavy (non-hydrogen) atoms. The molecule has 6 nitrogen and oxygen atoms in total. The number of nitrogens with zero attached hydrogens (tertiary/aromatic N) is 2. The monoisotopic (exact) mass is 443 g/mol. The van der Waals surface area contributed by atoms with Crippen molar-refractivity contribution in [1.82, 2.24) is 10.2 Å². The Morgan fingerprint density at radius 3 is 2.27 bits per heavy atom. The molecule has 1 heterocycles. The number of carbonyl (C=O) groups excluding carboxylic acids is 2. The number of nitrogens with one attached hydrogen (secondary N) is 1. The van der Waals surface area contributed by atoms with Gasteiger partial charge in [-0.15, -0.1) is 0 Å². The SMILES string of the molecule is O=Cc1ccccc1OCC(=O)NCc1ccccc1CN1CCN(c2ccccc2)CC1. The van der Waals surface area contributed by atoms with Gasteiger partial charge in [0.15, 0.2) is 12.9 Å². The van der Waals surface area contributed by atoms with Gasteiger partial charge in [0.1, 0.15) is 5.75 Å². The van der Waals surface area contributed by atoms with Gasteiger partial charge in [0.05, 0.1) is 5.56 Å². The summed E-state index contributed by atoms with van der Waals surface area (Å²) < 4.78 is 5.52. The van der Waals surface area contributed by atoms with E-state index in [-0.39, 0.29) is 12.5 Å². The Hall–Kier alpha value is -3.64. The van der Waals surface area contributed by atoms with Gasteiger partial charge in [0, 0.05) is 45.0 Å². The number of anilines is 1. The Morgan fingerprint density at radius 2 is 1.52 bits per heavy atom. The van der Waals surface area contributed by atoms with Crippen LogP contribution >= 0.6 is 0 Å². The first-order valence-electron chi connectivity index (χ1n) is 11.3. The van der Waals surface area contributed by atoms with Crippen molar-refractivity contribution in [2.75, 3.05) is 37.7 Å². The summed E-state index contributed by atoms with van der Waals surface area (Å²) in [6.07, 6.45) is 0.725. The number of para-hydroxylation sites is 2. The standard InChI is InChI=1S/C27H29N3O3/c31-20-24-10-6-7-13-26(24)33-21-27(32)28-18-22-8-4-5-9-23(22)19-29-14-16-30(17-15-29)25-11-2-1-3-12-25/h1-13,20H,14-19,21H2,(H,28,32). The van der Waals surface area contributed by atoms with Crippen molar-refractivity contribution in [3.05, 3.63) is 95.6 Å². The number of benzene rings is 3. The van der Waals surface area contributed by atoms with Gasteiger partial charge in [0.25, 0.3) is 5.91 Å². The average molecular weight is 444 g/mol. The van der Waals surface area contributed by atoms with Crippen LogP contribution in [0.2, 0.25) is 0 Å². The molecule has 3 aromatic carbocycles. The summed E-state index contributed by atoms with van der Waals surface area (Å²) in [6, 6.07) is 25.6. The molecule has 0 aliphatic carbocycles. The van der Waals surface area contributed by atoms with Gasteiger partial charge >= 0.3 is 0 Å². The van der Waals surface area contributed by atoms with Crippen molar-refractivity contribution in [2.24, 2.45) is 0 Å². The molecule has 4 rings (SSSR count). The second-order valence-electron chi connectivity index (χ2n) is 8.09. The van der Waals surface area contributed by atoms with Crippen LogP contribution in [0.25, 0.3) is 0 Å². The van der Waals surface area contributed by atoms with E-state index in [9.17, 15) is 9.59 Å². The smallest absolute Gasteiger partial charge is 0.258 e. The number of rotatable bonds is 9. The first-order valence-corrected chi connectivity index (χ1v) is 11.3. The van der Waals surface area contributed by atoms with Crippen LogP contribution in [0.15, 0.2) is 78.9 Å². The minimum atomic E-state index is -0.220. The highest BCUT2D eigenvalue weighted by Gasteiger charge is 2.18. The number of ether oxygens (including phenoxy) is 1. The molecule has 1 aliphatic heterocycles. The number of hydrogen-bond acceptors (Lipinski definition) is 5. The lowest BCUT2D eigenvalue weighted by molar-refractivity contribution is -0.123. The van der Waals surface area contributed by atoms with E-state index in [0.29, 0.717) is 17.9 Å². The summed E-state index contributed by atoms with van der Waals surface area (Å²) in [6.45, 7) is 5.17. The van der Waals surface area contributed by atoms with E-state index in [1.165, 1.54) is 11.3 Å². The quantitative estimate of drug-likeness (QED) is 0.513. The molecule has 1 amide bonds. The van der Waals surface area contributed by atoms with Gasteiger partial charge in [-0.2, -0.15) is 0 Å². The van der Waals surface area contributed by atoms with Gasteiger partial charge < -0.3 is 15.0 Å². The molecule has 3 aromatic rings. The third-order valence-corrected chi connectivity index (χ3v) is 5.89. The van der Waals surface area contributed by atoms with Crippen LogP contribution in [0.1, 0.15) is 21.5 Å². The van der Waals surface area contributed by atoms with Gasteiger partial charge in [-0.1, -0.05) is 54.6 Å². The average Bonchev–Trinajstić information content (AvgIpc) is 2.88. The van der Waals surface area contributed by atoms with Crippen molar-refractivity contribution >= 4 is 17.9 Å². The lowest BCUT2D eigenvalue weighted by Crippen LogP contribution is -2.46. The Morgan fingerprint density at radius 1 is 0.848 bits per heavy atom. The predicted molar refractivity (Wildman–Crippen MR) is 130 cm³/mol. The highest BCUT2D eigenvalue weighted by atomic mass is 16.5. The van der Waals surface area contributed by atoms with Gasteiger partial charge in [-0.05, 0) is 35.4 Å². The molecule has 0 aromatic heterocycles. The van der Waals surface area contributed by atoms with E-state index < -0.39 is 0 Å². The molecule has 0 spiro atoms. The maximum atomic E-state index is 12.3. The number of carbonyl (C=O) groups is 2. The third kappa shape index (κ3) is 6.20. The van der Waals surface area contributed by atoms with E-state index in [0.717, 1.165) is 44.6 Å². The van der Waals surface area contributed by atoms with Crippen LogP contribution in [0.3, 0.4) is 0 Å². The van der Waals surface area contributed by atoms with E-state index >= 15 is 0 Å². The highest BCUT2D eigenvalue weighted by molar-refractivity contribution is 5.80. The minimum absolute atomic E-state index is 0.130. The second-order valence-corrected chi connectivity index (χ2v) is 8.09. The Bertz CT molecular complexity index is 1060. The molecule has 1 N–H and O–H groups in total. The summed E-state index contributed by atoms with van der Waals surface area (Å²) >= 11 is 0. The number of piperazine rings is 1. The lowest BCUT2D eigenvalue weighted by atomic mass is 10.1. The zero-order valence-corrected chi connectivity index (χ0v) is 18.7. The van der Waals surface area contributed by atoms with Crippen LogP contribution in [0.5, 0.6) is 5.75 Å². The molecule has 1 fully saturated rings. The van der Waals surface area contributed by atoms with Crippen LogP contribution in [-0.2, 0) is 17.9 Å². The van der Waals surface area contributed by atoms with Crippen molar-refractivity contribution in [3.8, 4) is 5.75 Å². The van der Waals surface area contributed by atoms with Crippen molar-refractivity contribution in [2.45, 2.75) is 13.1 Å². The van der Waals surface area contributed by atoms with Crippen molar-refractivity contribution < 1.29 is 14.3 Å². The molecule has 1 saturated heterocycles. The summed E-state index contributed by atoms with van der Waals surface area (Å²) in [5, 5.41) is 2.93. The van der Waals surface area contributed by atoms with Gasteiger partial charge in [-0.25, -0.2) is 0 Å². The lowest BCUT2D eigenvalue weighted by Gasteiger charge is -2.36. The van der Waals surface area contributed by atoms with Crippen LogP contribution in [-0.4, -0.2) is 49.9 Å². The number of amides is 1. The fourth-order valence-corrected chi connectivity index (χ4v) is 4.03. The molecule has 6 heteroatoms. The summed E-state index contributed by atoms with van der Waals surface area (Å²) in [5.74, 6) is 0.194. The van der Waals surface area contributed by atoms with E-state index in [1.807, 2.05) is 18.2 Å². The highest BCUT2D eigenvalue weighted by Crippen LogP contribution is 2.18. The Balaban J connectivity index is 1.27. The summed E-state index contributed by atoms with van der Waals surface area (Å²) in [7, 11) is 0. The van der Waals surface area contributed by atoms with E-state index in [4.69, 9.17) is 4.74 Å². The molecule has 0 radical (unpaired) electrons. The van der Waals surface area contributed by atoms with E-state index in [2.05, 4.69) is 51.5 Å². The van der Waals surface area contributed by atoms with Crippen molar-refractivity contribution in [3.63, 3.8) is 0 Å². The largest absolute Gasteiger partial charge is 0.483 e. The van der Waals surface area contributed by atoms with Crippen LogP contribution in [0.4, 0.5) is 5.69 Å². The molecular weight excluding hydrogens is 414 g/mol. The Kier molecular flexibility index (Phi) is 7.72. The molecule has 0 atom stereocenters. The zero-order valence-electron chi connectivity index (χ0n) is 18.7. The normalized spacial score (nSPS) is 14.0. The topological polar surface area (TPSA) is 61.9 Å². The fraction of sp³-hybridized carbons (Fsp3) is 0.259. The predicted octanol–water partition coefficient (Wildman–Crippen LogP) is 3.52. The molecule has 0 unspecified atom stereocenters. The first kappa shape index (κ1) is 22.6. The van der Waals surface area contributed by atoms with Gasteiger partial charge in [-0.3, -0.25) is 14.5 Å². The maximum Gasteiger partial charge on any atom is 0.258 e. The number of aldehydes is 1. The maximum absolute atomic E-state index is 12.3. The fourth-order valence-electron chi connectivity index (χ4n) is 4.03. The molecule has 170 valence electrons. The number of hydrogen-bond donors (Lipinski definition) is 1. The second kappa shape index (κ2) is 11.3. The Labute approximate surface area is 194 Å². The van der Waals surface area contributed by atoms with E-state index in [1.54, 1.807) is 24.3 Å².